The Morgan fingerprint density at radius 3 is 2.62 bits per heavy atom. The van der Waals surface area contributed by atoms with Crippen molar-refractivity contribution in [1.29, 1.82) is 0 Å². The van der Waals surface area contributed by atoms with Crippen molar-refractivity contribution in [3.05, 3.63) is 59.3 Å². The molecule has 0 spiro atoms. The summed E-state index contributed by atoms with van der Waals surface area (Å²) < 4.78 is 49.3. The van der Waals surface area contributed by atoms with E-state index < -0.39 is 23.4 Å². The molecule has 2 aromatic heterocycles. The number of fused-ring (bicyclic) bond motifs is 3. The molecule has 0 radical (unpaired) electrons. The number of hydrogen-bond donors (Lipinski definition) is 1. The molecule has 1 aromatic carbocycles. The normalized spacial score (nSPS) is 25.0. The zero-order valence-corrected chi connectivity index (χ0v) is 20.8. The number of aryl methyl sites for hydroxylation is 1. The van der Waals surface area contributed by atoms with Crippen molar-refractivity contribution in [2.24, 2.45) is 17.8 Å². The van der Waals surface area contributed by atoms with Crippen molar-refractivity contribution in [2.45, 2.75) is 44.6 Å². The standard InChI is InChI=1S/C27H31F3N6O/c1-37-23-12-18(9-10-31-23)35-14-16-5-6-17(15-35)21(16)13-32-27-33-26-20(4-2-3-11-36(26)34-27)19-7-8-22(28)25(30)24(19)29/h7-10,12,16-17,20-21H,2-6,11,13-15H2,1H3,(H,32,34)/t16-,17?,20?,21?/m0/s1. The summed E-state index contributed by atoms with van der Waals surface area (Å²) in [6.45, 7) is 3.42. The van der Waals surface area contributed by atoms with Gasteiger partial charge in [0.05, 0.1) is 7.11 Å². The lowest BCUT2D eigenvalue weighted by Gasteiger charge is -2.39. The maximum atomic E-state index is 14.7. The van der Waals surface area contributed by atoms with E-state index in [0.717, 1.165) is 44.2 Å². The van der Waals surface area contributed by atoms with E-state index in [2.05, 4.69) is 20.3 Å². The first-order valence-electron chi connectivity index (χ1n) is 13.1. The van der Waals surface area contributed by atoms with Gasteiger partial charge in [-0.3, -0.25) is 0 Å². The molecular weight excluding hydrogens is 481 g/mol. The number of rotatable bonds is 6. The van der Waals surface area contributed by atoms with Crippen LogP contribution in [0.3, 0.4) is 0 Å². The Balaban J connectivity index is 1.16. The van der Waals surface area contributed by atoms with Crippen molar-refractivity contribution in [2.75, 3.05) is 37.0 Å². The Hall–Kier alpha value is -3.30. The van der Waals surface area contributed by atoms with Gasteiger partial charge in [0.15, 0.2) is 17.5 Å². The molecule has 1 saturated carbocycles. The largest absolute Gasteiger partial charge is 0.481 e. The van der Waals surface area contributed by atoms with E-state index in [0.29, 0.717) is 48.4 Å². The molecule has 1 aliphatic carbocycles. The van der Waals surface area contributed by atoms with Crippen LogP contribution in [-0.2, 0) is 6.54 Å². The van der Waals surface area contributed by atoms with E-state index in [4.69, 9.17) is 9.72 Å². The average Bonchev–Trinajstić information content (AvgIpc) is 3.34. The number of halogens is 3. The minimum atomic E-state index is -1.43. The van der Waals surface area contributed by atoms with Crippen molar-refractivity contribution < 1.29 is 17.9 Å². The van der Waals surface area contributed by atoms with E-state index in [9.17, 15) is 13.2 Å². The third kappa shape index (κ3) is 4.51. The summed E-state index contributed by atoms with van der Waals surface area (Å²) >= 11 is 0. The van der Waals surface area contributed by atoms with E-state index in [1.807, 2.05) is 12.1 Å². The second-order valence-corrected chi connectivity index (χ2v) is 10.4. The van der Waals surface area contributed by atoms with Gasteiger partial charge in [0.25, 0.3) is 0 Å². The number of ether oxygens (including phenoxy) is 1. The summed E-state index contributed by atoms with van der Waals surface area (Å²) in [7, 11) is 1.63. The molecule has 3 aromatic rings. The maximum Gasteiger partial charge on any atom is 0.242 e. The summed E-state index contributed by atoms with van der Waals surface area (Å²) in [6, 6.07) is 6.35. The minimum absolute atomic E-state index is 0.138. The van der Waals surface area contributed by atoms with Crippen LogP contribution in [0.5, 0.6) is 5.88 Å². The highest BCUT2D eigenvalue weighted by molar-refractivity contribution is 5.49. The van der Waals surface area contributed by atoms with Crippen molar-refractivity contribution in [3.8, 4) is 5.88 Å². The second kappa shape index (κ2) is 9.87. The van der Waals surface area contributed by atoms with E-state index in [-0.39, 0.29) is 5.56 Å². The summed E-state index contributed by atoms with van der Waals surface area (Å²) in [5.74, 6) is -0.808. The van der Waals surface area contributed by atoms with Gasteiger partial charge in [0, 0.05) is 55.6 Å². The number of hydrogen-bond acceptors (Lipinski definition) is 6. The number of anilines is 2. The quantitative estimate of drug-likeness (QED) is 0.470. The molecule has 10 heteroatoms. The van der Waals surface area contributed by atoms with Gasteiger partial charge in [-0.1, -0.05) is 12.5 Å². The molecule has 196 valence electrons. The Kier molecular flexibility index (Phi) is 6.42. The monoisotopic (exact) mass is 512 g/mol. The molecule has 4 atom stereocenters. The number of pyridine rings is 1. The Morgan fingerprint density at radius 2 is 1.84 bits per heavy atom. The molecule has 37 heavy (non-hydrogen) atoms. The van der Waals surface area contributed by atoms with E-state index in [1.165, 1.54) is 18.9 Å². The van der Waals surface area contributed by atoms with Gasteiger partial charge in [-0.05, 0) is 55.6 Å². The number of aromatic nitrogens is 4. The lowest BCUT2D eigenvalue weighted by Crippen LogP contribution is -2.44. The van der Waals surface area contributed by atoms with Crippen LogP contribution in [0.2, 0.25) is 0 Å². The smallest absolute Gasteiger partial charge is 0.242 e. The second-order valence-electron chi connectivity index (χ2n) is 10.4. The highest BCUT2D eigenvalue weighted by atomic mass is 19.2. The molecule has 6 rings (SSSR count). The molecular formula is C27H31F3N6O. The molecule has 2 aliphatic heterocycles. The lowest BCUT2D eigenvalue weighted by atomic mass is 9.85. The first kappa shape index (κ1) is 24.1. The summed E-state index contributed by atoms with van der Waals surface area (Å²) in [5, 5.41) is 8.12. The van der Waals surface area contributed by atoms with Gasteiger partial charge in [-0.25, -0.2) is 22.8 Å². The van der Waals surface area contributed by atoms with Crippen LogP contribution >= 0.6 is 0 Å². The number of nitrogens with one attached hydrogen (secondary N) is 1. The molecule has 2 bridgehead atoms. The van der Waals surface area contributed by atoms with Gasteiger partial charge >= 0.3 is 0 Å². The van der Waals surface area contributed by atoms with Crippen LogP contribution < -0.4 is 15.0 Å². The fourth-order valence-corrected chi connectivity index (χ4v) is 6.49. The molecule has 3 aliphatic rings. The predicted octanol–water partition coefficient (Wildman–Crippen LogP) is 4.99. The molecule has 1 saturated heterocycles. The summed E-state index contributed by atoms with van der Waals surface area (Å²) in [6.07, 6.45) is 6.50. The summed E-state index contributed by atoms with van der Waals surface area (Å²) in [5.41, 5.74) is 1.28. The molecule has 3 unspecified atom stereocenters. The summed E-state index contributed by atoms with van der Waals surface area (Å²) in [4.78, 5) is 11.4. The maximum absolute atomic E-state index is 14.7. The van der Waals surface area contributed by atoms with Crippen LogP contribution in [-0.4, -0.2) is 46.5 Å². The topological polar surface area (TPSA) is 68.1 Å². The minimum Gasteiger partial charge on any atom is -0.481 e. The third-order valence-corrected chi connectivity index (χ3v) is 8.38. The Labute approximate surface area is 214 Å². The zero-order valence-electron chi connectivity index (χ0n) is 20.8. The van der Waals surface area contributed by atoms with Crippen molar-refractivity contribution in [1.82, 2.24) is 19.7 Å². The molecule has 1 N–H and O–H groups in total. The van der Waals surface area contributed by atoms with Gasteiger partial charge in [-0.15, -0.1) is 5.10 Å². The highest BCUT2D eigenvalue weighted by Gasteiger charge is 2.42. The fourth-order valence-electron chi connectivity index (χ4n) is 6.49. The first-order chi connectivity index (χ1) is 18.0. The SMILES string of the molecule is COc1cc(N2CC3CC[C@@H](C2)C3CNc2nc3n(n2)CCCCC3c2ccc(F)c(F)c2F)ccn1. The average molecular weight is 513 g/mol. The van der Waals surface area contributed by atoms with Crippen LogP contribution in [0.1, 0.15) is 49.4 Å². The Morgan fingerprint density at radius 1 is 1.03 bits per heavy atom. The van der Waals surface area contributed by atoms with E-state index >= 15 is 0 Å². The number of benzene rings is 1. The van der Waals surface area contributed by atoms with Gasteiger partial charge in [-0.2, -0.15) is 4.98 Å². The van der Waals surface area contributed by atoms with Gasteiger partial charge < -0.3 is 15.0 Å². The number of piperidine rings is 1. The fraction of sp³-hybridized carbons (Fsp3) is 0.519. The van der Waals surface area contributed by atoms with E-state index in [1.54, 1.807) is 18.0 Å². The van der Waals surface area contributed by atoms with Gasteiger partial charge in [0.2, 0.25) is 11.8 Å². The molecule has 7 nitrogen and oxygen atoms in total. The number of methoxy groups -OCH3 is 1. The highest BCUT2D eigenvalue weighted by Crippen LogP contribution is 2.43. The first-order valence-corrected chi connectivity index (χ1v) is 13.1. The molecule has 2 fully saturated rings. The van der Waals surface area contributed by atoms with Crippen molar-refractivity contribution >= 4 is 11.6 Å². The molecule has 0 amide bonds. The predicted molar refractivity (Wildman–Crippen MR) is 133 cm³/mol. The van der Waals surface area contributed by atoms with Crippen molar-refractivity contribution in [3.63, 3.8) is 0 Å². The number of nitrogens with zero attached hydrogens (tertiary/aromatic N) is 5. The zero-order chi connectivity index (χ0) is 25.5. The van der Waals surface area contributed by atoms with Gasteiger partial charge in [0.1, 0.15) is 5.82 Å². The van der Waals surface area contributed by atoms with Crippen LogP contribution in [0, 0.1) is 35.2 Å². The third-order valence-electron chi connectivity index (χ3n) is 8.38. The van der Waals surface area contributed by atoms with Crippen LogP contribution in [0.4, 0.5) is 24.8 Å². The Bertz CT molecular complexity index is 1270. The van der Waals surface area contributed by atoms with Crippen LogP contribution in [0.15, 0.2) is 30.5 Å². The lowest BCUT2D eigenvalue weighted by molar-refractivity contribution is 0.284. The molecule has 4 heterocycles. The van der Waals surface area contributed by atoms with Crippen LogP contribution in [0.25, 0.3) is 0 Å².